The van der Waals surface area contributed by atoms with Gasteiger partial charge in [-0.1, -0.05) is 42.5 Å². The van der Waals surface area contributed by atoms with Crippen LogP contribution in [0, 0.1) is 12.8 Å². The Morgan fingerprint density at radius 3 is 2.79 bits per heavy atom. The van der Waals surface area contributed by atoms with E-state index in [1.165, 1.54) is 0 Å². The van der Waals surface area contributed by atoms with Gasteiger partial charge in [-0.25, -0.2) is 4.98 Å². The Balaban J connectivity index is 1.42. The fourth-order valence-corrected chi connectivity index (χ4v) is 3.64. The number of halogens is 1. The molecule has 2 heterocycles. The summed E-state index contributed by atoms with van der Waals surface area (Å²) in [6, 6.07) is 17.1. The van der Waals surface area contributed by atoms with E-state index >= 15 is 0 Å². The Hall–Kier alpha value is -3.22. The van der Waals surface area contributed by atoms with Crippen LogP contribution in [0.2, 0.25) is 0 Å². The van der Waals surface area contributed by atoms with E-state index in [2.05, 4.69) is 15.2 Å². The molecule has 0 spiro atoms. The number of rotatable bonds is 6. The molecule has 3 aromatic rings. The first-order valence-electron chi connectivity index (χ1n) is 9.65. The van der Waals surface area contributed by atoms with E-state index in [1.807, 2.05) is 61.5 Å². The van der Waals surface area contributed by atoms with Gasteiger partial charge in [0.1, 0.15) is 11.6 Å². The lowest BCUT2D eigenvalue weighted by Gasteiger charge is -2.16. The summed E-state index contributed by atoms with van der Waals surface area (Å²) in [6.07, 6.45) is 0. The number of ether oxygens (including phenoxy) is 1. The number of carbonyl (C=O) groups excluding carboxylic acids is 1. The lowest BCUT2D eigenvalue weighted by molar-refractivity contribution is -0.132. The van der Waals surface area contributed by atoms with Crippen LogP contribution in [0.5, 0.6) is 5.75 Å². The maximum Gasteiger partial charge on any atom is 0.260 e. The highest BCUT2D eigenvalue weighted by atomic mass is 19.1. The lowest BCUT2D eigenvalue weighted by Crippen LogP contribution is -2.33. The number of nitrogens with one attached hydrogen (secondary N) is 1. The highest BCUT2D eigenvalue weighted by molar-refractivity contribution is 5.78. The van der Waals surface area contributed by atoms with Gasteiger partial charge < -0.3 is 9.64 Å². The van der Waals surface area contributed by atoms with Crippen molar-refractivity contribution in [2.45, 2.75) is 12.8 Å². The highest BCUT2D eigenvalue weighted by Gasteiger charge is 2.38. The highest BCUT2D eigenvalue weighted by Crippen LogP contribution is 2.32. The van der Waals surface area contributed by atoms with E-state index in [9.17, 15) is 9.18 Å². The van der Waals surface area contributed by atoms with Gasteiger partial charge >= 0.3 is 0 Å². The van der Waals surface area contributed by atoms with E-state index in [1.54, 1.807) is 4.90 Å². The molecule has 0 unspecified atom stereocenters. The van der Waals surface area contributed by atoms with Crippen LogP contribution in [0.1, 0.15) is 17.3 Å². The molecule has 1 aliphatic rings. The fraction of sp³-hybridized carbons (Fsp3) is 0.318. The third-order valence-corrected chi connectivity index (χ3v) is 5.23. The number of aryl methyl sites for hydroxylation is 1. The minimum atomic E-state index is -0.519. The summed E-state index contributed by atoms with van der Waals surface area (Å²) < 4.78 is 19.3. The predicted octanol–water partition coefficient (Wildman–Crippen LogP) is 3.37. The average Bonchev–Trinajstić information content (AvgIpc) is 3.40. The summed E-state index contributed by atoms with van der Waals surface area (Å²) in [5.41, 5.74) is 1.96. The number of hydrogen-bond acceptors (Lipinski definition) is 4. The number of likely N-dealkylation sites (tertiary alicyclic amines) is 1. The van der Waals surface area contributed by atoms with Crippen molar-refractivity contribution < 1.29 is 13.9 Å². The van der Waals surface area contributed by atoms with Crippen molar-refractivity contribution in [1.82, 2.24) is 20.1 Å². The number of carbonyl (C=O) groups is 1. The zero-order valence-electron chi connectivity index (χ0n) is 16.2. The van der Waals surface area contributed by atoms with Crippen LogP contribution in [-0.2, 0) is 4.79 Å². The third kappa shape index (κ3) is 4.29. The molecule has 1 aliphatic heterocycles. The Bertz CT molecular complexity index is 976. The molecule has 2 aromatic carbocycles. The van der Waals surface area contributed by atoms with Crippen molar-refractivity contribution in [3.63, 3.8) is 0 Å². The van der Waals surface area contributed by atoms with Gasteiger partial charge in [-0.3, -0.25) is 14.3 Å². The molecule has 1 aromatic heterocycles. The smallest absolute Gasteiger partial charge is 0.260 e. The van der Waals surface area contributed by atoms with Crippen LogP contribution in [0.15, 0.2) is 54.6 Å². The monoisotopic (exact) mass is 394 g/mol. The normalized spacial score (nSPS) is 18.8. The van der Waals surface area contributed by atoms with Crippen molar-refractivity contribution in [2.75, 3.05) is 26.4 Å². The Morgan fingerprint density at radius 2 is 2.03 bits per heavy atom. The Kier molecular flexibility index (Phi) is 5.55. The standard InChI is InChI=1S/C22H23FN4O2/c1-15-6-5-9-18(10-15)29-14-20(28)27-12-17(11-23)19(13-27)22-24-21(25-26-22)16-7-3-2-4-8-16/h2-10,17,19H,11-14H2,1H3,(H,24,25,26)/t17-,19-/m1/s1. The summed E-state index contributed by atoms with van der Waals surface area (Å²) in [4.78, 5) is 18.8. The number of aromatic amines is 1. The molecule has 0 radical (unpaired) electrons. The van der Waals surface area contributed by atoms with Crippen LogP contribution in [0.4, 0.5) is 4.39 Å². The number of aromatic nitrogens is 3. The molecule has 1 saturated heterocycles. The molecular formula is C22H23FN4O2. The molecule has 1 N–H and O–H groups in total. The maximum absolute atomic E-state index is 13.7. The first-order valence-corrected chi connectivity index (χ1v) is 9.65. The van der Waals surface area contributed by atoms with Gasteiger partial charge in [0, 0.05) is 30.5 Å². The molecule has 150 valence electrons. The third-order valence-electron chi connectivity index (χ3n) is 5.23. The van der Waals surface area contributed by atoms with E-state index in [0.29, 0.717) is 30.5 Å². The molecule has 0 saturated carbocycles. The molecular weight excluding hydrogens is 371 g/mol. The van der Waals surface area contributed by atoms with Gasteiger partial charge in [-0.2, -0.15) is 5.10 Å². The minimum Gasteiger partial charge on any atom is -0.484 e. The second-order valence-electron chi connectivity index (χ2n) is 7.34. The van der Waals surface area contributed by atoms with E-state index in [-0.39, 0.29) is 24.3 Å². The van der Waals surface area contributed by atoms with Gasteiger partial charge in [0.25, 0.3) is 5.91 Å². The summed E-state index contributed by atoms with van der Waals surface area (Å²) in [5, 5.41) is 7.20. The summed E-state index contributed by atoms with van der Waals surface area (Å²) >= 11 is 0. The molecule has 0 bridgehead atoms. The lowest BCUT2D eigenvalue weighted by atomic mass is 9.97. The van der Waals surface area contributed by atoms with Crippen molar-refractivity contribution in [1.29, 1.82) is 0 Å². The van der Waals surface area contributed by atoms with E-state index in [4.69, 9.17) is 4.74 Å². The minimum absolute atomic E-state index is 0.0686. The molecule has 1 amide bonds. The van der Waals surface area contributed by atoms with Crippen LogP contribution < -0.4 is 4.74 Å². The van der Waals surface area contributed by atoms with Crippen molar-refractivity contribution in [2.24, 2.45) is 5.92 Å². The second-order valence-corrected chi connectivity index (χ2v) is 7.34. The molecule has 7 heteroatoms. The van der Waals surface area contributed by atoms with Gasteiger partial charge in [0.05, 0.1) is 6.67 Å². The molecule has 4 rings (SSSR count). The number of benzene rings is 2. The number of hydrogen-bond donors (Lipinski definition) is 1. The van der Waals surface area contributed by atoms with Gasteiger partial charge in [0.2, 0.25) is 0 Å². The zero-order chi connectivity index (χ0) is 20.2. The fourth-order valence-electron chi connectivity index (χ4n) is 3.64. The Labute approximate surface area is 168 Å². The first-order chi connectivity index (χ1) is 14.1. The first kappa shape index (κ1) is 19.1. The molecule has 1 fully saturated rings. The van der Waals surface area contributed by atoms with Crippen molar-refractivity contribution >= 4 is 5.91 Å². The SMILES string of the molecule is Cc1cccc(OCC(=O)N2C[C@@H](CF)[C@H](c3nc(-c4ccccc4)n[nH]3)C2)c1. The number of H-pyrrole nitrogens is 1. The van der Waals surface area contributed by atoms with Crippen LogP contribution >= 0.6 is 0 Å². The number of nitrogens with zero attached hydrogens (tertiary/aromatic N) is 3. The predicted molar refractivity (Wildman–Crippen MR) is 107 cm³/mol. The van der Waals surface area contributed by atoms with E-state index < -0.39 is 6.67 Å². The summed E-state index contributed by atoms with van der Waals surface area (Å²) in [7, 11) is 0. The van der Waals surface area contributed by atoms with Crippen molar-refractivity contribution in [3.8, 4) is 17.1 Å². The molecule has 2 atom stereocenters. The maximum atomic E-state index is 13.7. The molecule has 0 aliphatic carbocycles. The molecule has 29 heavy (non-hydrogen) atoms. The second kappa shape index (κ2) is 8.43. The Morgan fingerprint density at radius 1 is 1.21 bits per heavy atom. The quantitative estimate of drug-likeness (QED) is 0.696. The topological polar surface area (TPSA) is 71.1 Å². The molecule has 6 nitrogen and oxygen atoms in total. The summed E-state index contributed by atoms with van der Waals surface area (Å²) in [5.74, 6) is 1.16. The van der Waals surface area contributed by atoms with E-state index in [0.717, 1.165) is 11.1 Å². The zero-order valence-corrected chi connectivity index (χ0v) is 16.2. The van der Waals surface area contributed by atoms with Crippen molar-refractivity contribution in [3.05, 3.63) is 66.0 Å². The summed E-state index contributed by atoms with van der Waals surface area (Å²) in [6.45, 7) is 2.12. The van der Waals surface area contributed by atoms with Crippen LogP contribution in [0.3, 0.4) is 0 Å². The van der Waals surface area contributed by atoms with Gasteiger partial charge in [-0.15, -0.1) is 0 Å². The average molecular weight is 394 g/mol. The largest absolute Gasteiger partial charge is 0.484 e. The van der Waals surface area contributed by atoms with Crippen LogP contribution in [-0.4, -0.2) is 52.4 Å². The number of amides is 1. The van der Waals surface area contributed by atoms with Crippen LogP contribution in [0.25, 0.3) is 11.4 Å². The number of alkyl halides is 1. The van der Waals surface area contributed by atoms with Gasteiger partial charge in [0.15, 0.2) is 12.4 Å². The van der Waals surface area contributed by atoms with Gasteiger partial charge in [-0.05, 0) is 24.6 Å².